The maximum Gasteiger partial charge on any atom is 0.295 e. The van der Waals surface area contributed by atoms with E-state index < -0.39 is 0 Å². The van der Waals surface area contributed by atoms with E-state index in [1.165, 1.54) is 0 Å². The molecule has 3 N–H and O–H groups in total. The van der Waals surface area contributed by atoms with E-state index in [2.05, 4.69) is 5.32 Å². The summed E-state index contributed by atoms with van der Waals surface area (Å²) in [4.78, 5) is 10.7. The summed E-state index contributed by atoms with van der Waals surface area (Å²) in [5.74, 6) is 1.65. The van der Waals surface area contributed by atoms with Gasteiger partial charge in [0.05, 0.1) is 6.10 Å². The molecule has 0 aromatic rings. The molecule has 1 rings (SSSR count). The van der Waals surface area contributed by atoms with E-state index in [-0.39, 0.29) is 5.91 Å². The van der Waals surface area contributed by atoms with E-state index in [4.69, 9.17) is 16.9 Å². The van der Waals surface area contributed by atoms with Crippen molar-refractivity contribution in [2.45, 2.75) is 44.2 Å². The van der Waals surface area contributed by atoms with Crippen LogP contribution in [0.4, 0.5) is 0 Å². The van der Waals surface area contributed by atoms with Crippen molar-refractivity contribution < 1.29 is 9.53 Å². The van der Waals surface area contributed by atoms with Crippen molar-refractivity contribution >= 4 is 5.91 Å². The number of carbonyl (C=O) groups is 1. The first-order chi connectivity index (χ1) is 7.72. The Morgan fingerprint density at radius 2 is 2.12 bits per heavy atom. The predicted molar refractivity (Wildman–Crippen MR) is 62.6 cm³/mol. The first-order valence-corrected chi connectivity index (χ1v) is 5.84. The highest BCUT2D eigenvalue weighted by Gasteiger charge is 2.18. The predicted octanol–water partition coefficient (Wildman–Crippen LogP) is 0.412. The highest BCUT2D eigenvalue weighted by atomic mass is 16.5. The molecule has 4 nitrogen and oxygen atoms in total. The van der Waals surface area contributed by atoms with E-state index in [0.29, 0.717) is 25.3 Å². The SMILES string of the molecule is C#CC(=O)NCCCOC1CCC(N)CC1. The van der Waals surface area contributed by atoms with Crippen LogP contribution in [0.2, 0.25) is 0 Å². The summed E-state index contributed by atoms with van der Waals surface area (Å²) >= 11 is 0. The second kappa shape index (κ2) is 7.26. The fraction of sp³-hybridized carbons (Fsp3) is 0.750. The summed E-state index contributed by atoms with van der Waals surface area (Å²) < 4.78 is 5.69. The Kier molecular flexibility index (Phi) is 5.91. The maximum absolute atomic E-state index is 10.7. The van der Waals surface area contributed by atoms with Crippen LogP contribution in [0.25, 0.3) is 0 Å². The largest absolute Gasteiger partial charge is 0.378 e. The van der Waals surface area contributed by atoms with Crippen molar-refractivity contribution in [2.24, 2.45) is 5.73 Å². The van der Waals surface area contributed by atoms with Gasteiger partial charge in [-0.25, -0.2) is 0 Å². The van der Waals surface area contributed by atoms with Crippen molar-refractivity contribution in [3.63, 3.8) is 0 Å². The number of hydrogen-bond donors (Lipinski definition) is 2. The molecule has 0 atom stereocenters. The molecule has 0 aromatic carbocycles. The van der Waals surface area contributed by atoms with E-state index in [1.807, 2.05) is 5.92 Å². The van der Waals surface area contributed by atoms with Crippen LogP contribution < -0.4 is 11.1 Å². The van der Waals surface area contributed by atoms with Crippen LogP contribution in [0.3, 0.4) is 0 Å². The fourth-order valence-electron chi connectivity index (χ4n) is 1.83. The third kappa shape index (κ3) is 5.15. The Balaban J connectivity index is 1.95. The van der Waals surface area contributed by atoms with E-state index in [0.717, 1.165) is 32.1 Å². The highest BCUT2D eigenvalue weighted by Crippen LogP contribution is 2.19. The van der Waals surface area contributed by atoms with Gasteiger partial charge >= 0.3 is 0 Å². The molecule has 16 heavy (non-hydrogen) atoms. The topological polar surface area (TPSA) is 64.3 Å². The lowest BCUT2D eigenvalue weighted by Gasteiger charge is -2.26. The number of carbonyl (C=O) groups excluding carboxylic acids is 1. The second-order valence-corrected chi connectivity index (χ2v) is 4.16. The molecule has 0 unspecified atom stereocenters. The molecule has 0 saturated heterocycles. The van der Waals surface area contributed by atoms with Gasteiger partial charge in [-0.2, -0.15) is 0 Å². The molecule has 0 aliphatic heterocycles. The number of terminal acetylenes is 1. The highest BCUT2D eigenvalue weighted by molar-refractivity contribution is 5.92. The van der Waals surface area contributed by atoms with Crippen LogP contribution >= 0.6 is 0 Å². The number of nitrogens with one attached hydrogen (secondary N) is 1. The lowest BCUT2D eigenvalue weighted by atomic mass is 9.94. The Bertz CT molecular complexity index is 252. The quantitative estimate of drug-likeness (QED) is 0.525. The number of nitrogens with two attached hydrogens (primary N) is 1. The summed E-state index contributed by atoms with van der Waals surface area (Å²) in [6.45, 7) is 1.25. The van der Waals surface area contributed by atoms with Crippen molar-refractivity contribution in [1.29, 1.82) is 0 Å². The fourth-order valence-corrected chi connectivity index (χ4v) is 1.83. The van der Waals surface area contributed by atoms with Gasteiger partial charge in [0.1, 0.15) is 0 Å². The van der Waals surface area contributed by atoms with Gasteiger partial charge < -0.3 is 15.8 Å². The average Bonchev–Trinajstić information content (AvgIpc) is 2.31. The van der Waals surface area contributed by atoms with E-state index in [1.54, 1.807) is 0 Å². The molecule has 90 valence electrons. The molecule has 0 aromatic heterocycles. The Hall–Kier alpha value is -1.05. The first-order valence-electron chi connectivity index (χ1n) is 5.84. The first kappa shape index (κ1) is 13.0. The lowest BCUT2D eigenvalue weighted by Crippen LogP contribution is -2.31. The smallest absolute Gasteiger partial charge is 0.295 e. The van der Waals surface area contributed by atoms with Crippen molar-refractivity contribution in [3.8, 4) is 12.3 Å². The Morgan fingerprint density at radius 1 is 1.44 bits per heavy atom. The van der Waals surface area contributed by atoms with Gasteiger partial charge in [-0.15, -0.1) is 6.42 Å². The summed E-state index contributed by atoms with van der Waals surface area (Å²) in [6, 6.07) is 0.356. The van der Waals surface area contributed by atoms with Gasteiger partial charge in [0, 0.05) is 19.2 Å². The van der Waals surface area contributed by atoms with Crippen LogP contribution in [0.1, 0.15) is 32.1 Å². The summed E-state index contributed by atoms with van der Waals surface area (Å²) in [7, 11) is 0. The van der Waals surface area contributed by atoms with E-state index in [9.17, 15) is 4.79 Å². The molecule has 1 amide bonds. The lowest BCUT2D eigenvalue weighted by molar-refractivity contribution is -0.115. The molecule has 0 radical (unpaired) electrons. The molecule has 0 bridgehead atoms. The monoisotopic (exact) mass is 224 g/mol. The number of hydrogen-bond acceptors (Lipinski definition) is 3. The van der Waals surface area contributed by atoms with Crippen LogP contribution in [0.5, 0.6) is 0 Å². The molecule has 0 heterocycles. The molecular formula is C12H20N2O2. The second-order valence-electron chi connectivity index (χ2n) is 4.16. The minimum atomic E-state index is -0.358. The summed E-state index contributed by atoms with van der Waals surface area (Å²) in [6.07, 6.45) is 10.3. The third-order valence-corrected chi connectivity index (χ3v) is 2.81. The zero-order chi connectivity index (χ0) is 11.8. The van der Waals surface area contributed by atoms with Gasteiger partial charge in [0.15, 0.2) is 0 Å². The average molecular weight is 224 g/mol. The van der Waals surface area contributed by atoms with Gasteiger partial charge in [0.2, 0.25) is 0 Å². The molecular weight excluding hydrogens is 204 g/mol. The maximum atomic E-state index is 10.7. The summed E-state index contributed by atoms with van der Waals surface area (Å²) in [5, 5.41) is 2.60. The number of ether oxygens (including phenoxy) is 1. The Morgan fingerprint density at radius 3 is 2.75 bits per heavy atom. The van der Waals surface area contributed by atoms with E-state index >= 15 is 0 Å². The van der Waals surface area contributed by atoms with Crippen molar-refractivity contribution in [1.82, 2.24) is 5.32 Å². The van der Waals surface area contributed by atoms with Crippen LogP contribution in [-0.2, 0) is 9.53 Å². The molecule has 1 saturated carbocycles. The van der Waals surface area contributed by atoms with Crippen molar-refractivity contribution in [2.75, 3.05) is 13.2 Å². The number of rotatable bonds is 5. The third-order valence-electron chi connectivity index (χ3n) is 2.81. The number of amides is 1. The standard InChI is InChI=1S/C12H20N2O2/c1-2-12(15)14-8-3-9-16-11-6-4-10(13)5-7-11/h1,10-11H,3-9,13H2,(H,14,15). The minimum Gasteiger partial charge on any atom is -0.378 e. The molecule has 1 aliphatic carbocycles. The van der Waals surface area contributed by atoms with Gasteiger partial charge in [0.25, 0.3) is 5.91 Å². The van der Waals surface area contributed by atoms with Crippen molar-refractivity contribution in [3.05, 3.63) is 0 Å². The van der Waals surface area contributed by atoms with Crippen LogP contribution in [0, 0.1) is 12.3 Å². The minimum absolute atomic E-state index is 0.350. The normalized spacial score (nSPS) is 24.8. The molecule has 1 aliphatic rings. The Labute approximate surface area is 96.9 Å². The van der Waals surface area contributed by atoms with Crippen LogP contribution in [-0.4, -0.2) is 31.2 Å². The van der Waals surface area contributed by atoms with Gasteiger partial charge in [-0.3, -0.25) is 4.79 Å². The zero-order valence-corrected chi connectivity index (χ0v) is 9.58. The summed E-state index contributed by atoms with van der Waals surface area (Å²) in [5.41, 5.74) is 5.80. The van der Waals surface area contributed by atoms with Crippen LogP contribution in [0.15, 0.2) is 0 Å². The zero-order valence-electron chi connectivity index (χ0n) is 9.58. The molecule has 4 heteroatoms. The van der Waals surface area contributed by atoms with Gasteiger partial charge in [-0.05, 0) is 38.0 Å². The molecule has 0 spiro atoms. The van der Waals surface area contributed by atoms with Gasteiger partial charge in [-0.1, -0.05) is 0 Å². The molecule has 1 fully saturated rings.